The highest BCUT2D eigenvalue weighted by Gasteiger charge is 2.09. The summed E-state index contributed by atoms with van der Waals surface area (Å²) in [5, 5.41) is 0. The molecule has 1 aromatic rings. The Hall–Kier alpha value is -0.870. The summed E-state index contributed by atoms with van der Waals surface area (Å²) in [6, 6.07) is 8.07. The molecule has 2 rings (SSSR count). The van der Waals surface area contributed by atoms with Gasteiger partial charge in [-0.25, -0.2) is 0 Å². The van der Waals surface area contributed by atoms with Crippen molar-refractivity contribution in [1.29, 1.82) is 0 Å². The molecular formula is C14H16S. The molecule has 78 valence electrons. The molecule has 0 amide bonds. The molecule has 0 aliphatic heterocycles. The van der Waals surface area contributed by atoms with Crippen LogP contribution in [0.1, 0.15) is 37.7 Å². The van der Waals surface area contributed by atoms with Crippen LogP contribution in [-0.4, -0.2) is 0 Å². The molecular weight excluding hydrogens is 200 g/mol. The van der Waals surface area contributed by atoms with Gasteiger partial charge in [-0.15, -0.1) is 12.6 Å². The van der Waals surface area contributed by atoms with E-state index in [-0.39, 0.29) is 0 Å². The number of rotatable bonds is 0. The Morgan fingerprint density at radius 2 is 1.93 bits per heavy atom. The minimum atomic E-state index is 0.627. The van der Waals surface area contributed by atoms with Crippen LogP contribution in [-0.2, 0) is 0 Å². The topological polar surface area (TPSA) is 0 Å². The lowest BCUT2D eigenvalue weighted by Crippen LogP contribution is -2.02. The first kappa shape index (κ1) is 10.6. The normalized spacial score (nSPS) is 16.9. The van der Waals surface area contributed by atoms with Gasteiger partial charge in [0.15, 0.2) is 0 Å². The second-order valence-electron chi connectivity index (χ2n) is 4.15. The predicted molar refractivity (Wildman–Crippen MR) is 67.1 cm³/mol. The summed E-state index contributed by atoms with van der Waals surface area (Å²) in [5.41, 5.74) is 1.09. The van der Waals surface area contributed by atoms with Crippen LogP contribution in [0.3, 0.4) is 0 Å². The lowest BCUT2D eigenvalue weighted by molar-refractivity contribution is 0.430. The van der Waals surface area contributed by atoms with Gasteiger partial charge >= 0.3 is 0 Å². The van der Waals surface area contributed by atoms with Crippen LogP contribution in [0.15, 0.2) is 29.2 Å². The summed E-state index contributed by atoms with van der Waals surface area (Å²) in [6.45, 7) is 0. The van der Waals surface area contributed by atoms with Gasteiger partial charge in [0.05, 0.1) is 0 Å². The predicted octanol–water partition coefficient (Wildman–Crippen LogP) is 3.91. The van der Waals surface area contributed by atoms with Crippen molar-refractivity contribution in [3.63, 3.8) is 0 Å². The van der Waals surface area contributed by atoms with E-state index in [0.717, 1.165) is 10.5 Å². The Kier molecular flexibility index (Phi) is 3.75. The van der Waals surface area contributed by atoms with Gasteiger partial charge in [-0.1, -0.05) is 37.2 Å². The number of benzene rings is 1. The average molecular weight is 216 g/mol. The molecule has 0 N–H and O–H groups in total. The standard InChI is InChI=1S/C14H16S/c15-14-8-4-7-13(11-14)10-9-12-5-2-1-3-6-12/h4,7-8,11-12,15H,1-3,5-6H2. The number of thiol groups is 1. The van der Waals surface area contributed by atoms with Crippen molar-refractivity contribution in [1.82, 2.24) is 0 Å². The summed E-state index contributed by atoms with van der Waals surface area (Å²) in [4.78, 5) is 0.991. The van der Waals surface area contributed by atoms with E-state index in [0.29, 0.717) is 5.92 Å². The van der Waals surface area contributed by atoms with Crippen LogP contribution >= 0.6 is 12.6 Å². The molecule has 15 heavy (non-hydrogen) atoms. The first-order valence-electron chi connectivity index (χ1n) is 5.65. The maximum absolute atomic E-state index is 4.31. The van der Waals surface area contributed by atoms with Crippen molar-refractivity contribution in [2.75, 3.05) is 0 Å². The van der Waals surface area contributed by atoms with Crippen LogP contribution in [0.25, 0.3) is 0 Å². The molecule has 1 aromatic carbocycles. The van der Waals surface area contributed by atoms with E-state index in [1.165, 1.54) is 32.1 Å². The molecule has 0 bridgehead atoms. The molecule has 0 atom stereocenters. The molecule has 0 aromatic heterocycles. The van der Waals surface area contributed by atoms with E-state index >= 15 is 0 Å². The second-order valence-corrected chi connectivity index (χ2v) is 4.67. The monoisotopic (exact) mass is 216 g/mol. The maximum atomic E-state index is 4.31. The molecule has 0 nitrogen and oxygen atoms in total. The third-order valence-electron chi connectivity index (χ3n) is 2.87. The van der Waals surface area contributed by atoms with Crippen LogP contribution in [0.2, 0.25) is 0 Å². The molecule has 1 saturated carbocycles. The summed E-state index contributed by atoms with van der Waals surface area (Å²) in [6.07, 6.45) is 6.67. The lowest BCUT2D eigenvalue weighted by atomic mass is 9.90. The summed E-state index contributed by atoms with van der Waals surface area (Å²) in [7, 11) is 0. The van der Waals surface area contributed by atoms with Crippen LogP contribution in [0.4, 0.5) is 0 Å². The van der Waals surface area contributed by atoms with E-state index in [9.17, 15) is 0 Å². The van der Waals surface area contributed by atoms with E-state index in [2.05, 4.69) is 30.5 Å². The van der Waals surface area contributed by atoms with Gasteiger partial charge in [0, 0.05) is 16.4 Å². The Bertz CT molecular complexity index is 378. The third kappa shape index (κ3) is 3.32. The quantitative estimate of drug-likeness (QED) is 0.493. The fourth-order valence-electron chi connectivity index (χ4n) is 2.02. The zero-order valence-corrected chi connectivity index (χ0v) is 9.76. The Morgan fingerprint density at radius 1 is 1.13 bits per heavy atom. The highest BCUT2D eigenvalue weighted by atomic mass is 32.1. The highest BCUT2D eigenvalue weighted by Crippen LogP contribution is 2.22. The number of hydrogen-bond donors (Lipinski definition) is 1. The van der Waals surface area contributed by atoms with Crippen LogP contribution in [0, 0.1) is 17.8 Å². The van der Waals surface area contributed by atoms with E-state index in [1.54, 1.807) is 0 Å². The van der Waals surface area contributed by atoms with Gasteiger partial charge < -0.3 is 0 Å². The van der Waals surface area contributed by atoms with E-state index in [4.69, 9.17) is 0 Å². The molecule has 1 aliphatic carbocycles. The van der Waals surface area contributed by atoms with Crippen molar-refractivity contribution >= 4 is 12.6 Å². The van der Waals surface area contributed by atoms with Gasteiger partial charge in [0.1, 0.15) is 0 Å². The van der Waals surface area contributed by atoms with E-state index in [1.807, 2.05) is 18.2 Å². The van der Waals surface area contributed by atoms with Crippen LogP contribution < -0.4 is 0 Å². The van der Waals surface area contributed by atoms with Crippen molar-refractivity contribution in [2.24, 2.45) is 5.92 Å². The second kappa shape index (κ2) is 5.28. The zero-order chi connectivity index (χ0) is 10.5. The van der Waals surface area contributed by atoms with Crippen molar-refractivity contribution in [3.8, 4) is 11.8 Å². The van der Waals surface area contributed by atoms with E-state index < -0.39 is 0 Å². The highest BCUT2D eigenvalue weighted by molar-refractivity contribution is 7.80. The molecule has 0 heterocycles. The van der Waals surface area contributed by atoms with Gasteiger partial charge in [0.2, 0.25) is 0 Å². The third-order valence-corrected chi connectivity index (χ3v) is 3.15. The Morgan fingerprint density at radius 3 is 2.67 bits per heavy atom. The smallest absolute Gasteiger partial charge is 0.0256 e. The van der Waals surface area contributed by atoms with Gasteiger partial charge in [-0.2, -0.15) is 0 Å². The largest absolute Gasteiger partial charge is 0.143 e. The number of hydrogen-bond acceptors (Lipinski definition) is 1. The van der Waals surface area contributed by atoms with Crippen LogP contribution in [0.5, 0.6) is 0 Å². The van der Waals surface area contributed by atoms with Crippen molar-refractivity contribution in [2.45, 2.75) is 37.0 Å². The fraction of sp³-hybridized carbons (Fsp3) is 0.429. The summed E-state index contributed by atoms with van der Waals surface area (Å²) in [5.74, 6) is 7.26. The Labute approximate surface area is 97.5 Å². The molecule has 0 spiro atoms. The Balaban J connectivity index is 2.03. The summed E-state index contributed by atoms with van der Waals surface area (Å²) >= 11 is 4.31. The molecule has 1 fully saturated rings. The van der Waals surface area contributed by atoms with Crippen molar-refractivity contribution in [3.05, 3.63) is 29.8 Å². The summed E-state index contributed by atoms with van der Waals surface area (Å²) < 4.78 is 0. The molecule has 1 heteroatoms. The molecule has 0 saturated heterocycles. The minimum Gasteiger partial charge on any atom is -0.143 e. The fourth-order valence-corrected chi connectivity index (χ4v) is 2.24. The first-order chi connectivity index (χ1) is 7.34. The van der Waals surface area contributed by atoms with Gasteiger partial charge in [-0.05, 0) is 31.0 Å². The van der Waals surface area contributed by atoms with Gasteiger partial charge in [-0.3, -0.25) is 0 Å². The SMILES string of the molecule is Sc1cccc(C#CC2CCCCC2)c1. The lowest BCUT2D eigenvalue weighted by Gasteiger charge is -2.15. The molecule has 0 unspecified atom stereocenters. The van der Waals surface area contributed by atoms with Crippen molar-refractivity contribution < 1.29 is 0 Å². The molecule has 1 aliphatic rings. The van der Waals surface area contributed by atoms with Gasteiger partial charge in [0.25, 0.3) is 0 Å². The first-order valence-corrected chi connectivity index (χ1v) is 6.10. The molecule has 0 radical (unpaired) electrons. The minimum absolute atomic E-state index is 0.627. The zero-order valence-electron chi connectivity index (χ0n) is 8.87. The maximum Gasteiger partial charge on any atom is 0.0256 e. The average Bonchev–Trinajstić information content (AvgIpc) is 2.28.